The molecule has 10 heavy (non-hydrogen) atoms. The highest BCUT2D eigenvalue weighted by molar-refractivity contribution is 5.58. The number of anilines is 1. The predicted molar refractivity (Wildman–Crippen MR) is 40.1 cm³/mol. The summed E-state index contributed by atoms with van der Waals surface area (Å²) in [4.78, 5) is 0. The van der Waals surface area contributed by atoms with Crippen LogP contribution in [0.15, 0.2) is 18.2 Å². The van der Waals surface area contributed by atoms with E-state index in [0.717, 1.165) is 24.5 Å². The van der Waals surface area contributed by atoms with Crippen LogP contribution < -0.4 is 10.5 Å². The van der Waals surface area contributed by atoms with Crippen molar-refractivity contribution in [2.45, 2.75) is 6.42 Å². The lowest BCUT2D eigenvalue weighted by Gasteiger charge is -2.00. The third kappa shape index (κ3) is 0.652. The average molecular weight is 135 g/mol. The van der Waals surface area contributed by atoms with E-state index in [9.17, 15) is 0 Å². The first-order valence-corrected chi connectivity index (χ1v) is 3.38. The van der Waals surface area contributed by atoms with Crippen LogP contribution in [0.5, 0.6) is 5.75 Å². The predicted octanol–water partition coefficient (Wildman–Crippen LogP) is 1.20. The van der Waals surface area contributed by atoms with Crippen molar-refractivity contribution >= 4 is 5.69 Å². The average Bonchev–Trinajstić information content (AvgIpc) is 2.36. The number of hydrogen-bond acceptors (Lipinski definition) is 2. The monoisotopic (exact) mass is 135 g/mol. The smallest absolute Gasteiger partial charge is 0.145 e. The summed E-state index contributed by atoms with van der Waals surface area (Å²) in [5.74, 6) is 0.891. The molecule has 0 aromatic heterocycles. The fourth-order valence-corrected chi connectivity index (χ4v) is 1.24. The summed E-state index contributed by atoms with van der Waals surface area (Å²) in [5, 5.41) is 0. The SMILES string of the molecule is Nc1cccc2c1OCC2. The van der Waals surface area contributed by atoms with Gasteiger partial charge in [0.15, 0.2) is 0 Å². The maximum absolute atomic E-state index is 5.65. The van der Waals surface area contributed by atoms with E-state index in [1.807, 2.05) is 12.1 Å². The Kier molecular flexibility index (Phi) is 1.07. The van der Waals surface area contributed by atoms with Gasteiger partial charge < -0.3 is 10.5 Å². The fourth-order valence-electron chi connectivity index (χ4n) is 1.24. The molecule has 2 N–H and O–H groups in total. The van der Waals surface area contributed by atoms with Crippen molar-refractivity contribution in [1.29, 1.82) is 0 Å². The number of fused-ring (bicyclic) bond motifs is 1. The van der Waals surface area contributed by atoms with Crippen LogP contribution in [0.2, 0.25) is 0 Å². The van der Waals surface area contributed by atoms with E-state index in [0.29, 0.717) is 0 Å². The first-order valence-electron chi connectivity index (χ1n) is 3.38. The first kappa shape index (κ1) is 5.59. The molecule has 0 unspecified atom stereocenters. The number of rotatable bonds is 0. The van der Waals surface area contributed by atoms with Crippen LogP contribution in [0.4, 0.5) is 5.69 Å². The molecule has 0 fully saturated rings. The Morgan fingerprint density at radius 2 is 2.30 bits per heavy atom. The van der Waals surface area contributed by atoms with Gasteiger partial charge in [-0.15, -0.1) is 0 Å². The molecule has 0 radical (unpaired) electrons. The summed E-state index contributed by atoms with van der Waals surface area (Å²) in [6.45, 7) is 0.781. The normalized spacial score (nSPS) is 14.4. The van der Waals surface area contributed by atoms with E-state index in [4.69, 9.17) is 10.5 Å². The molecule has 1 heterocycles. The molecule has 0 amide bonds. The highest BCUT2D eigenvalue weighted by Gasteiger charge is 2.12. The van der Waals surface area contributed by atoms with Crippen molar-refractivity contribution in [2.24, 2.45) is 0 Å². The minimum atomic E-state index is 0.759. The lowest BCUT2D eigenvalue weighted by atomic mass is 10.1. The van der Waals surface area contributed by atoms with Crippen molar-refractivity contribution in [3.05, 3.63) is 23.8 Å². The van der Waals surface area contributed by atoms with Gasteiger partial charge in [0.2, 0.25) is 0 Å². The molecule has 0 bridgehead atoms. The summed E-state index contributed by atoms with van der Waals surface area (Å²) < 4.78 is 5.30. The van der Waals surface area contributed by atoms with Gasteiger partial charge in [0, 0.05) is 6.42 Å². The Morgan fingerprint density at radius 1 is 1.40 bits per heavy atom. The molecule has 2 nitrogen and oxygen atoms in total. The zero-order valence-electron chi connectivity index (χ0n) is 5.63. The third-order valence-corrected chi connectivity index (χ3v) is 1.74. The van der Waals surface area contributed by atoms with Crippen molar-refractivity contribution in [2.75, 3.05) is 12.3 Å². The van der Waals surface area contributed by atoms with Crippen LogP contribution in [-0.4, -0.2) is 6.61 Å². The second kappa shape index (κ2) is 1.90. The van der Waals surface area contributed by atoms with Gasteiger partial charge in [-0.3, -0.25) is 0 Å². The van der Waals surface area contributed by atoms with E-state index >= 15 is 0 Å². The maximum Gasteiger partial charge on any atom is 0.145 e. The second-order valence-electron chi connectivity index (χ2n) is 2.43. The van der Waals surface area contributed by atoms with Crippen LogP contribution in [0, 0.1) is 0 Å². The molecule has 2 heteroatoms. The number of nitrogens with two attached hydrogens (primary N) is 1. The minimum Gasteiger partial charge on any atom is -0.491 e. The Hall–Kier alpha value is -1.18. The summed E-state index contributed by atoms with van der Waals surface area (Å²) >= 11 is 0. The molecule has 1 aliphatic rings. The zero-order chi connectivity index (χ0) is 6.97. The number of nitrogen functional groups attached to an aromatic ring is 1. The van der Waals surface area contributed by atoms with Gasteiger partial charge >= 0.3 is 0 Å². The molecule has 1 aromatic carbocycles. The van der Waals surface area contributed by atoms with Gasteiger partial charge in [-0.25, -0.2) is 0 Å². The molecular formula is C8H9NO. The summed E-state index contributed by atoms with van der Waals surface area (Å²) in [6.07, 6.45) is 1.00. The van der Waals surface area contributed by atoms with Crippen LogP contribution >= 0.6 is 0 Å². The Labute approximate surface area is 59.6 Å². The van der Waals surface area contributed by atoms with Gasteiger partial charge in [-0.1, -0.05) is 12.1 Å². The third-order valence-electron chi connectivity index (χ3n) is 1.74. The first-order chi connectivity index (χ1) is 4.88. The van der Waals surface area contributed by atoms with Crippen molar-refractivity contribution in [3.63, 3.8) is 0 Å². The molecule has 52 valence electrons. The van der Waals surface area contributed by atoms with Crippen LogP contribution in [-0.2, 0) is 6.42 Å². The number of benzene rings is 1. The number of ether oxygens (including phenoxy) is 1. The van der Waals surface area contributed by atoms with Crippen molar-refractivity contribution in [3.8, 4) is 5.75 Å². The van der Waals surface area contributed by atoms with Crippen molar-refractivity contribution in [1.82, 2.24) is 0 Å². The fraction of sp³-hybridized carbons (Fsp3) is 0.250. The van der Waals surface area contributed by atoms with Gasteiger partial charge in [0.05, 0.1) is 12.3 Å². The maximum atomic E-state index is 5.65. The highest BCUT2D eigenvalue weighted by atomic mass is 16.5. The Bertz CT molecular complexity index is 257. The summed E-state index contributed by atoms with van der Waals surface area (Å²) in [7, 11) is 0. The van der Waals surface area contributed by atoms with Crippen LogP contribution in [0.3, 0.4) is 0 Å². The molecule has 2 rings (SSSR count). The van der Waals surface area contributed by atoms with Crippen LogP contribution in [0.1, 0.15) is 5.56 Å². The number of para-hydroxylation sites is 1. The summed E-state index contributed by atoms with van der Waals surface area (Å²) in [5.41, 5.74) is 7.64. The highest BCUT2D eigenvalue weighted by Crippen LogP contribution is 2.30. The van der Waals surface area contributed by atoms with E-state index in [1.54, 1.807) is 0 Å². The van der Waals surface area contributed by atoms with E-state index in [2.05, 4.69) is 6.07 Å². The van der Waals surface area contributed by atoms with E-state index in [-0.39, 0.29) is 0 Å². The quantitative estimate of drug-likeness (QED) is 0.542. The zero-order valence-corrected chi connectivity index (χ0v) is 5.63. The molecule has 0 atom stereocenters. The standard InChI is InChI=1S/C8H9NO/c9-7-3-1-2-6-4-5-10-8(6)7/h1-3H,4-5,9H2. The van der Waals surface area contributed by atoms with Gasteiger partial charge in [-0.2, -0.15) is 0 Å². The molecule has 0 spiro atoms. The van der Waals surface area contributed by atoms with Crippen LogP contribution in [0.25, 0.3) is 0 Å². The van der Waals surface area contributed by atoms with Crippen molar-refractivity contribution < 1.29 is 4.74 Å². The minimum absolute atomic E-state index is 0.759. The Morgan fingerprint density at radius 3 is 3.10 bits per heavy atom. The van der Waals surface area contributed by atoms with Gasteiger partial charge in [-0.05, 0) is 11.6 Å². The molecule has 0 saturated carbocycles. The second-order valence-corrected chi connectivity index (χ2v) is 2.43. The lowest BCUT2D eigenvalue weighted by Crippen LogP contribution is -1.90. The van der Waals surface area contributed by atoms with E-state index < -0.39 is 0 Å². The number of hydrogen-bond donors (Lipinski definition) is 1. The summed E-state index contributed by atoms with van der Waals surface area (Å²) in [6, 6.07) is 5.88. The molecular weight excluding hydrogens is 126 g/mol. The topological polar surface area (TPSA) is 35.2 Å². The Balaban J connectivity index is 2.59. The molecule has 0 saturated heterocycles. The largest absolute Gasteiger partial charge is 0.491 e. The molecule has 1 aliphatic heterocycles. The van der Waals surface area contributed by atoms with Gasteiger partial charge in [0.25, 0.3) is 0 Å². The molecule has 0 aliphatic carbocycles. The van der Waals surface area contributed by atoms with Gasteiger partial charge in [0.1, 0.15) is 5.75 Å². The lowest BCUT2D eigenvalue weighted by molar-refractivity contribution is 0.358. The molecule has 1 aromatic rings. The van der Waals surface area contributed by atoms with E-state index in [1.165, 1.54) is 5.56 Å².